The summed E-state index contributed by atoms with van der Waals surface area (Å²) in [6.45, 7) is 2.40. The Kier molecular flexibility index (Phi) is 9.14. The van der Waals surface area contributed by atoms with Crippen LogP contribution < -0.4 is 19.6 Å². The van der Waals surface area contributed by atoms with Gasteiger partial charge >= 0.3 is 5.97 Å². The zero-order valence-corrected chi connectivity index (χ0v) is 18.5. The van der Waals surface area contributed by atoms with E-state index >= 15 is 0 Å². The van der Waals surface area contributed by atoms with Crippen LogP contribution in [0.25, 0.3) is 0 Å². The summed E-state index contributed by atoms with van der Waals surface area (Å²) < 4.78 is 21.3. The molecule has 0 radical (unpaired) electrons. The molecule has 0 unspecified atom stereocenters. The van der Waals surface area contributed by atoms with Crippen LogP contribution >= 0.6 is 15.9 Å². The predicted molar refractivity (Wildman–Crippen MR) is 115 cm³/mol. The second kappa shape index (κ2) is 11.8. The summed E-state index contributed by atoms with van der Waals surface area (Å²) >= 11 is 3.38. The first-order chi connectivity index (χ1) is 14.5. The molecular weight excluding hydrogens is 456 g/mol. The first-order valence-corrected chi connectivity index (χ1v) is 9.91. The largest absolute Gasteiger partial charge is 0.494 e. The Bertz CT molecular complexity index is 899. The SMILES string of the molecule is CCCOc1ccc(C(=O)N/N=C\c2cc(Br)c(OCC(=O)OC)c(OC)c2)cc1. The number of nitrogens with zero attached hydrogens (tertiary/aromatic N) is 1. The van der Waals surface area contributed by atoms with E-state index in [0.29, 0.717) is 39.5 Å². The van der Waals surface area contributed by atoms with Crippen molar-refractivity contribution >= 4 is 34.0 Å². The van der Waals surface area contributed by atoms with Crippen LogP contribution in [0, 0.1) is 0 Å². The summed E-state index contributed by atoms with van der Waals surface area (Å²) in [6, 6.07) is 10.2. The van der Waals surface area contributed by atoms with Crippen LogP contribution in [-0.2, 0) is 9.53 Å². The van der Waals surface area contributed by atoms with E-state index in [-0.39, 0.29) is 12.5 Å². The number of halogens is 1. The highest BCUT2D eigenvalue weighted by Gasteiger charge is 2.13. The third-order valence-corrected chi connectivity index (χ3v) is 4.37. The molecular formula is C21H23BrN2O6. The molecule has 9 heteroatoms. The second-order valence-electron chi connectivity index (χ2n) is 5.97. The minimum atomic E-state index is -0.512. The molecule has 1 amide bonds. The molecule has 0 heterocycles. The lowest BCUT2D eigenvalue weighted by atomic mass is 10.2. The van der Waals surface area contributed by atoms with Crippen LogP contribution in [0.3, 0.4) is 0 Å². The first-order valence-electron chi connectivity index (χ1n) is 9.11. The summed E-state index contributed by atoms with van der Waals surface area (Å²) in [4.78, 5) is 23.5. The Morgan fingerprint density at radius 3 is 2.50 bits per heavy atom. The van der Waals surface area contributed by atoms with E-state index in [4.69, 9.17) is 14.2 Å². The van der Waals surface area contributed by atoms with Gasteiger partial charge in [-0.25, -0.2) is 10.2 Å². The van der Waals surface area contributed by atoms with Crippen LogP contribution in [0.15, 0.2) is 46.0 Å². The minimum Gasteiger partial charge on any atom is -0.494 e. The molecule has 0 aliphatic rings. The fourth-order valence-electron chi connectivity index (χ4n) is 2.30. The fraction of sp³-hybridized carbons (Fsp3) is 0.286. The lowest BCUT2D eigenvalue weighted by Crippen LogP contribution is -2.17. The zero-order chi connectivity index (χ0) is 21.9. The van der Waals surface area contributed by atoms with Crippen LogP contribution in [-0.4, -0.2) is 45.5 Å². The number of esters is 1. The molecule has 160 valence electrons. The standard InChI is InChI=1S/C21H23BrN2O6/c1-4-9-29-16-7-5-15(6-8-16)21(26)24-23-12-14-10-17(22)20(18(11-14)27-2)30-13-19(25)28-3/h5-8,10-12H,4,9,13H2,1-3H3,(H,24,26)/b23-12-. The van der Waals surface area contributed by atoms with Gasteiger partial charge in [0.15, 0.2) is 18.1 Å². The summed E-state index contributed by atoms with van der Waals surface area (Å²) in [5.74, 6) is 0.598. The highest BCUT2D eigenvalue weighted by Crippen LogP contribution is 2.36. The molecule has 0 aliphatic heterocycles. The summed E-state index contributed by atoms with van der Waals surface area (Å²) in [6.07, 6.45) is 2.38. The van der Waals surface area contributed by atoms with Gasteiger partial charge in [-0.3, -0.25) is 4.79 Å². The van der Waals surface area contributed by atoms with E-state index < -0.39 is 5.97 Å². The number of carbonyl (C=O) groups excluding carboxylic acids is 2. The number of methoxy groups -OCH3 is 2. The molecule has 30 heavy (non-hydrogen) atoms. The van der Waals surface area contributed by atoms with Crippen LogP contribution in [0.1, 0.15) is 29.3 Å². The van der Waals surface area contributed by atoms with Crippen molar-refractivity contribution in [3.05, 3.63) is 52.0 Å². The maximum atomic E-state index is 12.2. The molecule has 0 spiro atoms. The zero-order valence-electron chi connectivity index (χ0n) is 16.9. The number of hydrazone groups is 1. The Labute approximate surface area is 183 Å². The summed E-state index contributed by atoms with van der Waals surface area (Å²) in [5, 5.41) is 3.98. The van der Waals surface area contributed by atoms with Crippen molar-refractivity contribution < 1.29 is 28.5 Å². The number of rotatable bonds is 10. The Morgan fingerprint density at radius 2 is 1.87 bits per heavy atom. The first kappa shape index (κ1) is 23.2. The van der Waals surface area contributed by atoms with Crippen molar-refractivity contribution in [2.24, 2.45) is 5.10 Å². The third-order valence-electron chi connectivity index (χ3n) is 3.78. The maximum absolute atomic E-state index is 12.2. The van der Waals surface area contributed by atoms with Crippen molar-refractivity contribution in [1.82, 2.24) is 5.43 Å². The van der Waals surface area contributed by atoms with Gasteiger partial charge < -0.3 is 18.9 Å². The van der Waals surface area contributed by atoms with Gasteiger partial charge in [-0.1, -0.05) is 6.92 Å². The fourth-order valence-corrected chi connectivity index (χ4v) is 2.87. The van der Waals surface area contributed by atoms with Crippen molar-refractivity contribution in [2.75, 3.05) is 27.4 Å². The smallest absolute Gasteiger partial charge is 0.343 e. The lowest BCUT2D eigenvalue weighted by Gasteiger charge is -2.12. The Morgan fingerprint density at radius 1 is 1.13 bits per heavy atom. The van der Waals surface area contributed by atoms with E-state index in [1.165, 1.54) is 20.4 Å². The van der Waals surface area contributed by atoms with E-state index in [2.05, 4.69) is 31.2 Å². The summed E-state index contributed by atoms with van der Waals surface area (Å²) in [5.41, 5.74) is 3.58. The predicted octanol–water partition coefficient (Wildman–Crippen LogP) is 3.56. The highest BCUT2D eigenvalue weighted by atomic mass is 79.9. The van der Waals surface area contributed by atoms with E-state index in [0.717, 1.165) is 6.42 Å². The van der Waals surface area contributed by atoms with Gasteiger partial charge in [0.05, 0.1) is 31.5 Å². The van der Waals surface area contributed by atoms with Crippen LogP contribution in [0.2, 0.25) is 0 Å². The van der Waals surface area contributed by atoms with Gasteiger partial charge in [0.2, 0.25) is 0 Å². The molecule has 0 bridgehead atoms. The number of carbonyl (C=O) groups is 2. The Hall–Kier alpha value is -3.07. The molecule has 0 saturated heterocycles. The molecule has 2 rings (SSSR count). The number of nitrogens with one attached hydrogen (secondary N) is 1. The lowest BCUT2D eigenvalue weighted by molar-refractivity contribution is -0.142. The second-order valence-corrected chi connectivity index (χ2v) is 6.83. The van der Waals surface area contributed by atoms with Crippen molar-refractivity contribution in [3.63, 3.8) is 0 Å². The van der Waals surface area contributed by atoms with Gasteiger partial charge in [-0.15, -0.1) is 0 Å². The molecule has 0 saturated carbocycles. The number of amides is 1. The molecule has 0 aromatic heterocycles. The van der Waals surface area contributed by atoms with E-state index in [9.17, 15) is 9.59 Å². The topological polar surface area (TPSA) is 95.5 Å². The normalized spacial score (nSPS) is 10.5. The average molecular weight is 479 g/mol. The van der Waals surface area contributed by atoms with Gasteiger partial charge in [-0.05, 0) is 64.3 Å². The highest BCUT2D eigenvalue weighted by molar-refractivity contribution is 9.10. The monoisotopic (exact) mass is 478 g/mol. The molecule has 8 nitrogen and oxygen atoms in total. The van der Waals surface area contributed by atoms with Crippen LogP contribution in [0.4, 0.5) is 0 Å². The van der Waals surface area contributed by atoms with Crippen LogP contribution in [0.5, 0.6) is 17.2 Å². The maximum Gasteiger partial charge on any atom is 0.343 e. The number of hydrogen-bond acceptors (Lipinski definition) is 7. The molecule has 0 fully saturated rings. The average Bonchev–Trinajstić information content (AvgIpc) is 2.76. The quantitative estimate of drug-likeness (QED) is 0.318. The van der Waals surface area contributed by atoms with Gasteiger partial charge in [0.1, 0.15) is 5.75 Å². The molecule has 1 N–H and O–H groups in total. The number of ether oxygens (including phenoxy) is 4. The molecule has 2 aromatic rings. The Balaban J connectivity index is 2.02. The van der Waals surface area contributed by atoms with E-state index in [1.54, 1.807) is 36.4 Å². The molecule has 2 aromatic carbocycles. The van der Waals surface area contributed by atoms with Crippen molar-refractivity contribution in [1.29, 1.82) is 0 Å². The third kappa shape index (κ3) is 6.77. The van der Waals surface area contributed by atoms with E-state index in [1.807, 2.05) is 6.92 Å². The molecule has 0 aliphatic carbocycles. The number of hydrogen-bond donors (Lipinski definition) is 1. The van der Waals surface area contributed by atoms with Gasteiger partial charge in [0, 0.05) is 5.56 Å². The molecule has 0 atom stereocenters. The minimum absolute atomic E-state index is 0.253. The summed E-state index contributed by atoms with van der Waals surface area (Å²) in [7, 11) is 2.75. The van der Waals surface area contributed by atoms with Crippen molar-refractivity contribution in [3.8, 4) is 17.2 Å². The number of benzene rings is 2. The van der Waals surface area contributed by atoms with Gasteiger partial charge in [-0.2, -0.15) is 5.10 Å². The van der Waals surface area contributed by atoms with Crippen molar-refractivity contribution in [2.45, 2.75) is 13.3 Å². The van der Waals surface area contributed by atoms with Gasteiger partial charge in [0.25, 0.3) is 5.91 Å².